The quantitative estimate of drug-likeness (QED) is 0.286. The van der Waals surface area contributed by atoms with Gasteiger partial charge >= 0.3 is 6.18 Å². The SMILES string of the molecule is O=C(Cc1ccc(NC2=C(Cl)C(=O)N(c3cccc(C(F)(F)F)c3)C2=O)cc1)Nc1ccc(F)c(Cl)c1. The zero-order chi connectivity index (χ0) is 26.9. The van der Waals surface area contributed by atoms with Crippen LogP contribution in [0.15, 0.2) is 77.5 Å². The molecule has 1 aliphatic rings. The standard InChI is InChI=1S/C25H15Cl2F4N3O3/c26-18-12-16(8-9-19(18)28)32-20(35)10-13-4-6-15(7-5-13)33-22-21(27)23(36)34(24(22)37)17-3-1-2-14(11-17)25(29,30)31/h1-9,11-12,33H,10H2,(H,32,35). The molecule has 3 aromatic carbocycles. The smallest absolute Gasteiger partial charge is 0.350 e. The maximum Gasteiger partial charge on any atom is 0.416 e. The predicted molar refractivity (Wildman–Crippen MR) is 131 cm³/mol. The summed E-state index contributed by atoms with van der Waals surface area (Å²) in [5.41, 5.74) is -0.340. The number of amides is 3. The third-order valence-electron chi connectivity index (χ3n) is 5.25. The van der Waals surface area contributed by atoms with Crippen LogP contribution in [0.4, 0.5) is 34.6 Å². The summed E-state index contributed by atoms with van der Waals surface area (Å²) in [6, 6.07) is 13.8. The van der Waals surface area contributed by atoms with E-state index in [-0.39, 0.29) is 28.7 Å². The summed E-state index contributed by atoms with van der Waals surface area (Å²) >= 11 is 11.7. The minimum atomic E-state index is -4.66. The van der Waals surface area contributed by atoms with Gasteiger partial charge in [0.2, 0.25) is 5.91 Å². The maximum atomic E-state index is 13.3. The van der Waals surface area contributed by atoms with Crippen LogP contribution in [-0.2, 0) is 27.0 Å². The first-order chi connectivity index (χ1) is 17.4. The molecule has 0 saturated carbocycles. The lowest BCUT2D eigenvalue weighted by atomic mass is 10.1. The van der Waals surface area contributed by atoms with E-state index in [4.69, 9.17) is 23.2 Å². The number of alkyl halides is 3. The van der Waals surface area contributed by atoms with E-state index >= 15 is 0 Å². The molecule has 4 rings (SSSR count). The first-order valence-electron chi connectivity index (χ1n) is 10.5. The highest BCUT2D eigenvalue weighted by molar-refractivity contribution is 6.53. The van der Waals surface area contributed by atoms with Gasteiger partial charge in [-0.05, 0) is 54.1 Å². The topological polar surface area (TPSA) is 78.5 Å². The number of carbonyl (C=O) groups excluding carboxylic acids is 3. The highest BCUT2D eigenvalue weighted by Crippen LogP contribution is 2.35. The van der Waals surface area contributed by atoms with Crippen molar-refractivity contribution >= 4 is 58.0 Å². The number of hydrogen-bond acceptors (Lipinski definition) is 4. The van der Waals surface area contributed by atoms with Crippen LogP contribution in [0.1, 0.15) is 11.1 Å². The highest BCUT2D eigenvalue weighted by atomic mass is 35.5. The number of imide groups is 1. The molecule has 6 nitrogen and oxygen atoms in total. The molecular weight excluding hydrogens is 537 g/mol. The number of anilines is 3. The number of halogens is 6. The molecule has 0 fully saturated rings. The van der Waals surface area contributed by atoms with E-state index in [1.54, 1.807) is 12.1 Å². The first kappa shape index (κ1) is 26.2. The normalized spacial score (nSPS) is 13.8. The highest BCUT2D eigenvalue weighted by Gasteiger charge is 2.40. The second-order valence-electron chi connectivity index (χ2n) is 7.86. The van der Waals surface area contributed by atoms with Gasteiger partial charge in [-0.2, -0.15) is 13.2 Å². The Bertz CT molecular complexity index is 1440. The lowest BCUT2D eigenvalue weighted by Gasteiger charge is -2.17. The fourth-order valence-electron chi connectivity index (χ4n) is 3.48. The van der Waals surface area contributed by atoms with Crippen molar-refractivity contribution in [1.82, 2.24) is 0 Å². The molecule has 0 unspecified atom stereocenters. The molecule has 3 amide bonds. The van der Waals surface area contributed by atoms with Crippen LogP contribution in [0.5, 0.6) is 0 Å². The molecule has 12 heteroatoms. The largest absolute Gasteiger partial charge is 0.416 e. The van der Waals surface area contributed by atoms with Crippen molar-refractivity contribution in [1.29, 1.82) is 0 Å². The van der Waals surface area contributed by atoms with Crippen LogP contribution in [0.3, 0.4) is 0 Å². The van der Waals surface area contributed by atoms with Crippen molar-refractivity contribution in [2.75, 3.05) is 15.5 Å². The van der Waals surface area contributed by atoms with Gasteiger partial charge in [-0.1, -0.05) is 41.4 Å². The fourth-order valence-corrected chi connectivity index (χ4v) is 3.88. The van der Waals surface area contributed by atoms with Gasteiger partial charge in [0.05, 0.1) is 22.7 Å². The molecule has 0 spiro atoms. The molecule has 0 atom stereocenters. The first-order valence-corrected chi connectivity index (χ1v) is 11.3. The summed E-state index contributed by atoms with van der Waals surface area (Å²) in [7, 11) is 0. The number of nitrogens with zero attached hydrogens (tertiary/aromatic N) is 1. The molecule has 3 aromatic rings. The van der Waals surface area contributed by atoms with Crippen molar-refractivity contribution < 1.29 is 31.9 Å². The Morgan fingerprint density at radius 2 is 1.57 bits per heavy atom. The average Bonchev–Trinajstić information content (AvgIpc) is 3.05. The fraction of sp³-hybridized carbons (Fsp3) is 0.0800. The Kier molecular flexibility index (Phi) is 7.24. The van der Waals surface area contributed by atoms with Crippen LogP contribution in [0.2, 0.25) is 5.02 Å². The summed E-state index contributed by atoms with van der Waals surface area (Å²) in [6.07, 6.45) is -4.69. The Labute approximate surface area is 217 Å². The summed E-state index contributed by atoms with van der Waals surface area (Å²) in [6.45, 7) is 0. The van der Waals surface area contributed by atoms with Crippen LogP contribution >= 0.6 is 23.2 Å². The summed E-state index contributed by atoms with van der Waals surface area (Å²) in [4.78, 5) is 38.2. The van der Waals surface area contributed by atoms with Gasteiger partial charge < -0.3 is 10.6 Å². The second kappa shape index (κ2) is 10.2. The van der Waals surface area contributed by atoms with Crippen LogP contribution in [0, 0.1) is 5.82 Å². The van der Waals surface area contributed by atoms with Gasteiger partial charge in [-0.3, -0.25) is 14.4 Å². The molecule has 0 aliphatic carbocycles. The maximum absolute atomic E-state index is 13.3. The summed E-state index contributed by atoms with van der Waals surface area (Å²) in [5.74, 6) is -2.89. The Balaban J connectivity index is 1.43. The number of nitrogens with one attached hydrogen (secondary N) is 2. The summed E-state index contributed by atoms with van der Waals surface area (Å²) in [5, 5.41) is 4.69. The van der Waals surface area contributed by atoms with Gasteiger partial charge in [0, 0.05) is 11.4 Å². The third kappa shape index (κ3) is 5.76. The number of benzene rings is 3. The second-order valence-corrected chi connectivity index (χ2v) is 8.64. The van der Waals surface area contributed by atoms with E-state index in [2.05, 4.69) is 10.6 Å². The summed E-state index contributed by atoms with van der Waals surface area (Å²) < 4.78 is 52.4. The molecule has 190 valence electrons. The average molecular weight is 552 g/mol. The lowest BCUT2D eigenvalue weighted by Crippen LogP contribution is -2.32. The molecule has 0 radical (unpaired) electrons. The molecule has 1 aliphatic heterocycles. The van der Waals surface area contributed by atoms with E-state index in [1.165, 1.54) is 30.3 Å². The number of hydrogen-bond donors (Lipinski definition) is 2. The Hall–Kier alpha value is -3.89. The van der Waals surface area contributed by atoms with Crippen LogP contribution < -0.4 is 15.5 Å². The van der Waals surface area contributed by atoms with Crippen LogP contribution in [-0.4, -0.2) is 17.7 Å². The van der Waals surface area contributed by atoms with Crippen molar-refractivity contribution in [3.63, 3.8) is 0 Å². The van der Waals surface area contributed by atoms with Crippen molar-refractivity contribution in [3.8, 4) is 0 Å². The Morgan fingerprint density at radius 1 is 0.892 bits per heavy atom. The molecule has 0 aromatic heterocycles. The lowest BCUT2D eigenvalue weighted by molar-refractivity contribution is -0.137. The molecular formula is C25H15Cl2F4N3O3. The molecule has 0 saturated heterocycles. The molecule has 2 N–H and O–H groups in total. The van der Waals surface area contributed by atoms with E-state index in [0.717, 1.165) is 18.2 Å². The zero-order valence-electron chi connectivity index (χ0n) is 18.5. The van der Waals surface area contributed by atoms with E-state index in [1.807, 2.05) is 0 Å². The molecule has 1 heterocycles. The van der Waals surface area contributed by atoms with Crippen molar-refractivity contribution in [2.45, 2.75) is 12.6 Å². The third-order valence-corrected chi connectivity index (χ3v) is 5.89. The van der Waals surface area contributed by atoms with E-state index < -0.39 is 34.4 Å². The number of carbonyl (C=O) groups is 3. The number of rotatable bonds is 6. The predicted octanol–water partition coefficient (Wildman–Crippen LogP) is 6.11. The van der Waals surface area contributed by atoms with Gasteiger partial charge in [0.15, 0.2) is 0 Å². The minimum Gasteiger partial charge on any atom is -0.350 e. The molecule has 0 bridgehead atoms. The molecule has 37 heavy (non-hydrogen) atoms. The monoisotopic (exact) mass is 551 g/mol. The van der Waals surface area contributed by atoms with E-state index in [9.17, 15) is 31.9 Å². The van der Waals surface area contributed by atoms with Crippen molar-refractivity contribution in [3.05, 3.63) is 99.4 Å². The van der Waals surface area contributed by atoms with E-state index in [0.29, 0.717) is 27.9 Å². The van der Waals surface area contributed by atoms with Gasteiger partial charge in [-0.25, -0.2) is 9.29 Å². The minimum absolute atomic E-state index is 0.0283. The zero-order valence-corrected chi connectivity index (χ0v) is 20.0. The Morgan fingerprint density at radius 3 is 2.22 bits per heavy atom. The van der Waals surface area contributed by atoms with Gasteiger partial charge in [0.1, 0.15) is 16.5 Å². The van der Waals surface area contributed by atoms with Gasteiger partial charge in [-0.15, -0.1) is 0 Å². The van der Waals surface area contributed by atoms with Crippen LogP contribution in [0.25, 0.3) is 0 Å². The van der Waals surface area contributed by atoms with Gasteiger partial charge in [0.25, 0.3) is 11.8 Å². The van der Waals surface area contributed by atoms with Crippen molar-refractivity contribution in [2.24, 2.45) is 0 Å².